The molecule has 5 atom stereocenters. The molecule has 2 aromatic carbocycles. The fourth-order valence-corrected chi connectivity index (χ4v) is 7.28. The zero-order valence-electron chi connectivity index (χ0n) is 23.6. The molecular weight excluding hydrogens is 462 g/mol. The Labute approximate surface area is 230 Å². The number of rotatable bonds is 6. The Bertz CT molecular complexity index is 1210. The van der Waals surface area contributed by atoms with Crippen LogP contribution in [-0.4, -0.2) is 37.3 Å². The molecular formula is C35H45N3. The Morgan fingerprint density at radius 3 is 2.66 bits per heavy atom. The van der Waals surface area contributed by atoms with Gasteiger partial charge in [-0.15, -0.1) is 0 Å². The third-order valence-corrected chi connectivity index (χ3v) is 9.46. The monoisotopic (exact) mass is 507 g/mol. The van der Waals surface area contributed by atoms with Crippen LogP contribution < -0.4 is 5.32 Å². The fraction of sp³-hybridized carbons (Fsp3) is 0.457. The summed E-state index contributed by atoms with van der Waals surface area (Å²) in [5.74, 6) is 1.92. The molecule has 38 heavy (non-hydrogen) atoms. The average molecular weight is 508 g/mol. The number of piperidine rings is 1. The molecule has 4 aliphatic rings. The molecule has 0 radical (unpaired) electrons. The number of nitrogens with one attached hydrogen (secondary N) is 1. The van der Waals surface area contributed by atoms with Crippen LogP contribution in [0.5, 0.6) is 0 Å². The number of anilines is 1. The van der Waals surface area contributed by atoms with Crippen LogP contribution in [0.1, 0.15) is 64.0 Å². The van der Waals surface area contributed by atoms with Crippen molar-refractivity contribution in [1.82, 2.24) is 4.90 Å². The topological polar surface area (TPSA) is 27.6 Å². The lowest BCUT2D eigenvalue weighted by Gasteiger charge is -2.46. The SMILES string of the molecule is C=Nc1ccccc1NCC1C=CC(C2CCC(N3CCC4(C=Cc5ccccc54)C(C)C3)C2)=CC1.CC. The van der Waals surface area contributed by atoms with Crippen LogP contribution in [0.4, 0.5) is 11.4 Å². The summed E-state index contributed by atoms with van der Waals surface area (Å²) < 4.78 is 0. The molecule has 6 rings (SSSR count). The van der Waals surface area contributed by atoms with Crippen molar-refractivity contribution in [2.24, 2.45) is 22.7 Å². The van der Waals surface area contributed by atoms with Crippen molar-refractivity contribution in [2.75, 3.05) is 25.0 Å². The van der Waals surface area contributed by atoms with Gasteiger partial charge in [0.15, 0.2) is 0 Å². The van der Waals surface area contributed by atoms with E-state index >= 15 is 0 Å². The molecule has 2 fully saturated rings. The summed E-state index contributed by atoms with van der Waals surface area (Å²) in [6.07, 6.45) is 18.6. The van der Waals surface area contributed by atoms with Crippen molar-refractivity contribution >= 4 is 24.2 Å². The van der Waals surface area contributed by atoms with Crippen molar-refractivity contribution in [3.05, 3.63) is 89.5 Å². The third kappa shape index (κ3) is 5.18. The molecule has 1 heterocycles. The minimum atomic E-state index is 0.255. The van der Waals surface area contributed by atoms with Crippen LogP contribution in [0, 0.1) is 17.8 Å². The second-order valence-electron chi connectivity index (χ2n) is 11.4. The smallest absolute Gasteiger partial charge is 0.0853 e. The van der Waals surface area contributed by atoms with Crippen molar-refractivity contribution in [2.45, 2.75) is 64.3 Å². The number of likely N-dealkylation sites (tertiary alicyclic amines) is 1. The quantitative estimate of drug-likeness (QED) is 0.397. The first-order chi connectivity index (χ1) is 18.7. The number of fused-ring (bicyclic) bond motifs is 2. The minimum absolute atomic E-state index is 0.255. The molecule has 5 unspecified atom stereocenters. The van der Waals surface area contributed by atoms with Gasteiger partial charge in [0.05, 0.1) is 11.4 Å². The lowest BCUT2D eigenvalue weighted by molar-refractivity contribution is 0.0893. The number of aliphatic imine (C=N–C) groups is 1. The molecule has 3 heteroatoms. The fourth-order valence-electron chi connectivity index (χ4n) is 7.28. The van der Waals surface area contributed by atoms with Crippen molar-refractivity contribution in [1.29, 1.82) is 0 Å². The number of allylic oxidation sites excluding steroid dienone is 4. The van der Waals surface area contributed by atoms with E-state index in [0.717, 1.165) is 36.3 Å². The van der Waals surface area contributed by atoms with Crippen LogP contribution in [-0.2, 0) is 5.41 Å². The summed E-state index contributed by atoms with van der Waals surface area (Å²) in [5, 5.41) is 3.57. The first kappa shape index (κ1) is 26.7. The lowest BCUT2D eigenvalue weighted by Crippen LogP contribution is -2.50. The normalized spacial score (nSPS) is 29.9. The van der Waals surface area contributed by atoms with Crippen LogP contribution in [0.3, 0.4) is 0 Å². The molecule has 1 N–H and O–H groups in total. The predicted octanol–water partition coefficient (Wildman–Crippen LogP) is 8.43. The van der Waals surface area contributed by atoms with Gasteiger partial charge < -0.3 is 10.2 Å². The Morgan fingerprint density at radius 2 is 1.87 bits per heavy atom. The second-order valence-corrected chi connectivity index (χ2v) is 11.4. The molecule has 2 aromatic rings. The van der Waals surface area contributed by atoms with E-state index in [1.165, 1.54) is 44.3 Å². The van der Waals surface area contributed by atoms with E-state index in [4.69, 9.17) is 0 Å². The molecule has 3 aliphatic carbocycles. The minimum Gasteiger partial charge on any atom is -0.383 e. The molecule has 0 aromatic heterocycles. The van der Waals surface area contributed by atoms with Gasteiger partial charge in [0.25, 0.3) is 0 Å². The van der Waals surface area contributed by atoms with Gasteiger partial charge in [-0.25, -0.2) is 0 Å². The molecule has 1 spiro atoms. The largest absolute Gasteiger partial charge is 0.383 e. The predicted molar refractivity (Wildman–Crippen MR) is 164 cm³/mol. The van der Waals surface area contributed by atoms with E-state index < -0.39 is 0 Å². The Balaban J connectivity index is 0.00000144. The molecule has 1 saturated heterocycles. The molecule has 0 bridgehead atoms. The van der Waals surface area contributed by atoms with Crippen LogP contribution in [0.2, 0.25) is 0 Å². The van der Waals surface area contributed by atoms with Gasteiger partial charge in [0, 0.05) is 24.5 Å². The average Bonchev–Trinajstić information content (AvgIpc) is 3.62. The van der Waals surface area contributed by atoms with Crippen LogP contribution >= 0.6 is 0 Å². The Hall–Kier alpha value is -2.91. The van der Waals surface area contributed by atoms with Gasteiger partial charge in [-0.1, -0.05) is 87.5 Å². The third-order valence-electron chi connectivity index (χ3n) is 9.46. The highest BCUT2D eigenvalue weighted by Gasteiger charge is 2.45. The van der Waals surface area contributed by atoms with E-state index in [0.29, 0.717) is 11.8 Å². The summed E-state index contributed by atoms with van der Waals surface area (Å²) >= 11 is 0. The van der Waals surface area contributed by atoms with Crippen molar-refractivity contribution in [3.8, 4) is 0 Å². The molecule has 3 nitrogen and oxygen atoms in total. The maximum absolute atomic E-state index is 4.13. The summed E-state index contributed by atoms with van der Waals surface area (Å²) in [6, 6.07) is 17.9. The molecule has 1 aliphatic heterocycles. The summed E-state index contributed by atoms with van der Waals surface area (Å²) in [7, 11) is 0. The second kappa shape index (κ2) is 11.9. The maximum Gasteiger partial charge on any atom is 0.0853 e. The summed E-state index contributed by atoms with van der Waals surface area (Å²) in [6.45, 7) is 13.6. The number of para-hydroxylation sites is 2. The van der Waals surface area contributed by atoms with Gasteiger partial charge in [0.1, 0.15) is 0 Å². The lowest BCUT2D eigenvalue weighted by atomic mass is 9.68. The van der Waals surface area contributed by atoms with Crippen LogP contribution in [0.15, 0.2) is 83.4 Å². The zero-order chi connectivity index (χ0) is 26.5. The van der Waals surface area contributed by atoms with Gasteiger partial charge >= 0.3 is 0 Å². The van der Waals surface area contributed by atoms with Gasteiger partial charge in [-0.3, -0.25) is 4.99 Å². The first-order valence-electron chi connectivity index (χ1n) is 14.9. The molecule has 0 amide bonds. The maximum atomic E-state index is 4.13. The first-order valence-corrected chi connectivity index (χ1v) is 14.9. The Kier molecular flexibility index (Phi) is 8.33. The van der Waals surface area contributed by atoms with Crippen molar-refractivity contribution in [3.63, 3.8) is 0 Å². The van der Waals surface area contributed by atoms with Crippen LogP contribution in [0.25, 0.3) is 6.08 Å². The van der Waals surface area contributed by atoms with E-state index in [9.17, 15) is 0 Å². The highest BCUT2D eigenvalue weighted by atomic mass is 15.2. The highest BCUT2D eigenvalue weighted by molar-refractivity contribution is 5.67. The van der Waals surface area contributed by atoms with Gasteiger partial charge in [0.2, 0.25) is 0 Å². The van der Waals surface area contributed by atoms with Crippen molar-refractivity contribution < 1.29 is 0 Å². The number of benzene rings is 2. The molecule has 1 saturated carbocycles. The van der Waals surface area contributed by atoms with Gasteiger partial charge in [-0.05, 0) is 92.0 Å². The number of hydrogen-bond donors (Lipinski definition) is 1. The standard InChI is InChI=1S/C33H39N3.C2H6/c1-24-23-36(20-19-33(24)18-17-27-7-3-4-8-30(27)33)29-16-15-28(21-29)26-13-11-25(12-14-26)22-35-32-10-6-5-9-31(32)34-2;1-2/h3-11,13-14,17-18,24-25,28-29,35H,2,12,15-16,19-23H2,1H3;1-2H3. The van der Waals surface area contributed by atoms with E-state index in [2.05, 4.69) is 95.6 Å². The van der Waals surface area contributed by atoms with E-state index in [1.54, 1.807) is 11.1 Å². The number of hydrogen-bond acceptors (Lipinski definition) is 3. The summed E-state index contributed by atoms with van der Waals surface area (Å²) in [5.41, 5.74) is 6.83. The van der Waals surface area contributed by atoms with Gasteiger partial charge in [-0.2, -0.15) is 0 Å². The molecule has 200 valence electrons. The number of nitrogens with zero attached hydrogens (tertiary/aromatic N) is 2. The highest BCUT2D eigenvalue weighted by Crippen LogP contribution is 2.48. The summed E-state index contributed by atoms with van der Waals surface area (Å²) in [4.78, 5) is 6.96. The zero-order valence-corrected chi connectivity index (χ0v) is 23.6. The Morgan fingerprint density at radius 1 is 1.05 bits per heavy atom. The van der Waals surface area contributed by atoms with E-state index in [-0.39, 0.29) is 5.41 Å². The van der Waals surface area contributed by atoms with E-state index in [1.807, 2.05) is 26.0 Å².